The average molecular weight is 393 g/mol. The molecule has 0 bridgehead atoms. The SMILES string of the molecule is CCc1cc(OCC(=O)NC2CCCC2)nc2c1c(C)nn2-c1ccc(C)cc1. The Labute approximate surface area is 171 Å². The number of rotatable bonds is 6. The molecule has 4 rings (SSSR count). The molecule has 1 aliphatic carbocycles. The molecule has 152 valence electrons. The van der Waals surface area contributed by atoms with Crippen molar-refractivity contribution in [2.24, 2.45) is 0 Å². The Morgan fingerprint density at radius 2 is 1.93 bits per heavy atom. The first-order valence-corrected chi connectivity index (χ1v) is 10.4. The molecule has 0 unspecified atom stereocenters. The van der Waals surface area contributed by atoms with Crippen molar-refractivity contribution in [3.63, 3.8) is 0 Å². The Bertz CT molecular complexity index is 1020. The number of pyridine rings is 1. The molecular formula is C23H28N4O2. The molecule has 6 nitrogen and oxygen atoms in total. The number of benzene rings is 1. The smallest absolute Gasteiger partial charge is 0.258 e. The van der Waals surface area contributed by atoms with Gasteiger partial charge in [0.1, 0.15) is 0 Å². The van der Waals surface area contributed by atoms with E-state index < -0.39 is 0 Å². The second kappa shape index (κ2) is 8.23. The number of aryl methyl sites for hydroxylation is 3. The van der Waals surface area contributed by atoms with Gasteiger partial charge in [0.2, 0.25) is 5.88 Å². The predicted octanol–water partition coefficient (Wildman–Crippen LogP) is 4.04. The maximum Gasteiger partial charge on any atom is 0.258 e. The van der Waals surface area contributed by atoms with Crippen molar-refractivity contribution >= 4 is 16.9 Å². The van der Waals surface area contributed by atoms with Crippen LogP contribution in [0.4, 0.5) is 0 Å². The topological polar surface area (TPSA) is 69.0 Å². The maximum atomic E-state index is 12.2. The van der Waals surface area contributed by atoms with Gasteiger partial charge in [0.15, 0.2) is 12.3 Å². The van der Waals surface area contributed by atoms with Crippen LogP contribution in [-0.2, 0) is 11.2 Å². The van der Waals surface area contributed by atoms with Crippen molar-refractivity contribution in [2.45, 2.75) is 58.9 Å². The van der Waals surface area contributed by atoms with Crippen LogP contribution < -0.4 is 10.1 Å². The lowest BCUT2D eigenvalue weighted by atomic mass is 10.1. The molecule has 1 saturated carbocycles. The lowest BCUT2D eigenvalue weighted by Crippen LogP contribution is -2.36. The molecule has 0 radical (unpaired) electrons. The standard InChI is InChI=1S/C23H28N4O2/c1-4-17-13-21(29-14-20(28)24-18-7-5-6-8-18)25-23-22(17)16(3)26-27(23)19-11-9-15(2)10-12-19/h9-13,18H,4-8,14H2,1-3H3,(H,24,28). The van der Waals surface area contributed by atoms with E-state index in [0.717, 1.165) is 47.2 Å². The third-order valence-corrected chi connectivity index (χ3v) is 5.60. The summed E-state index contributed by atoms with van der Waals surface area (Å²) in [5, 5.41) is 8.83. The van der Waals surface area contributed by atoms with Gasteiger partial charge in [-0.25, -0.2) is 4.68 Å². The van der Waals surface area contributed by atoms with Crippen LogP contribution in [0.1, 0.15) is 49.4 Å². The Morgan fingerprint density at radius 1 is 1.21 bits per heavy atom. The van der Waals surface area contributed by atoms with Gasteiger partial charge in [0, 0.05) is 17.5 Å². The number of ether oxygens (including phenoxy) is 1. The van der Waals surface area contributed by atoms with Gasteiger partial charge in [-0.1, -0.05) is 37.5 Å². The van der Waals surface area contributed by atoms with Crippen LogP contribution in [0.5, 0.6) is 5.88 Å². The van der Waals surface area contributed by atoms with Crippen molar-refractivity contribution in [1.82, 2.24) is 20.1 Å². The fourth-order valence-corrected chi connectivity index (χ4v) is 4.05. The zero-order valence-electron chi connectivity index (χ0n) is 17.4. The van der Waals surface area contributed by atoms with E-state index in [9.17, 15) is 4.79 Å². The minimum atomic E-state index is -0.0833. The highest BCUT2D eigenvalue weighted by molar-refractivity contribution is 5.84. The van der Waals surface area contributed by atoms with Crippen LogP contribution in [0, 0.1) is 13.8 Å². The van der Waals surface area contributed by atoms with E-state index in [1.54, 1.807) is 0 Å². The number of fused-ring (bicyclic) bond motifs is 1. The molecule has 1 N–H and O–H groups in total. The Kier molecular flexibility index (Phi) is 5.51. The summed E-state index contributed by atoms with van der Waals surface area (Å²) in [5.41, 5.74) is 4.98. The summed E-state index contributed by atoms with van der Waals surface area (Å²) in [6.45, 7) is 6.15. The zero-order valence-corrected chi connectivity index (χ0v) is 17.4. The molecule has 1 aliphatic rings. The van der Waals surface area contributed by atoms with E-state index in [4.69, 9.17) is 14.8 Å². The molecule has 2 heterocycles. The van der Waals surface area contributed by atoms with E-state index in [1.807, 2.05) is 29.8 Å². The number of carbonyl (C=O) groups is 1. The van der Waals surface area contributed by atoms with Crippen molar-refractivity contribution in [3.05, 3.63) is 47.2 Å². The first kappa shape index (κ1) is 19.4. The average Bonchev–Trinajstić information content (AvgIpc) is 3.34. The van der Waals surface area contributed by atoms with Crippen molar-refractivity contribution in [2.75, 3.05) is 6.61 Å². The minimum Gasteiger partial charge on any atom is -0.468 e. The molecule has 0 atom stereocenters. The molecule has 2 aromatic heterocycles. The second-order valence-corrected chi connectivity index (χ2v) is 7.84. The molecule has 0 spiro atoms. The van der Waals surface area contributed by atoms with Crippen molar-refractivity contribution < 1.29 is 9.53 Å². The lowest BCUT2D eigenvalue weighted by Gasteiger charge is -2.13. The number of nitrogens with zero attached hydrogens (tertiary/aromatic N) is 3. The van der Waals surface area contributed by atoms with Crippen LogP contribution in [-0.4, -0.2) is 33.3 Å². The second-order valence-electron chi connectivity index (χ2n) is 7.84. The summed E-state index contributed by atoms with van der Waals surface area (Å²) in [5.74, 6) is 0.379. The number of aromatic nitrogens is 3. The van der Waals surface area contributed by atoms with Crippen LogP contribution in [0.25, 0.3) is 16.7 Å². The van der Waals surface area contributed by atoms with Gasteiger partial charge >= 0.3 is 0 Å². The van der Waals surface area contributed by atoms with Gasteiger partial charge in [-0.05, 0) is 50.8 Å². The number of carbonyl (C=O) groups excluding carboxylic acids is 1. The van der Waals surface area contributed by atoms with Crippen LogP contribution in [0.3, 0.4) is 0 Å². The Hall–Kier alpha value is -2.89. The largest absolute Gasteiger partial charge is 0.468 e. The van der Waals surface area contributed by atoms with Crippen LogP contribution in [0.2, 0.25) is 0 Å². The highest BCUT2D eigenvalue weighted by Crippen LogP contribution is 2.27. The summed E-state index contributed by atoms with van der Waals surface area (Å²) in [7, 11) is 0. The zero-order chi connectivity index (χ0) is 20.4. The molecule has 1 aromatic carbocycles. The van der Waals surface area contributed by atoms with Gasteiger partial charge in [-0.15, -0.1) is 0 Å². The monoisotopic (exact) mass is 392 g/mol. The number of hydrogen-bond donors (Lipinski definition) is 1. The van der Waals surface area contributed by atoms with Gasteiger partial charge in [-0.2, -0.15) is 10.1 Å². The third kappa shape index (κ3) is 4.11. The van der Waals surface area contributed by atoms with Gasteiger partial charge in [-0.3, -0.25) is 4.79 Å². The van der Waals surface area contributed by atoms with E-state index in [1.165, 1.54) is 18.4 Å². The number of amides is 1. The molecule has 1 fully saturated rings. The first-order chi connectivity index (χ1) is 14.0. The van der Waals surface area contributed by atoms with Gasteiger partial charge in [0.25, 0.3) is 5.91 Å². The molecule has 0 aliphatic heterocycles. The van der Waals surface area contributed by atoms with Crippen LogP contribution in [0.15, 0.2) is 30.3 Å². The molecule has 3 aromatic rings. The fraction of sp³-hybridized carbons (Fsp3) is 0.435. The van der Waals surface area contributed by atoms with E-state index in [2.05, 4.69) is 31.3 Å². The Morgan fingerprint density at radius 3 is 2.62 bits per heavy atom. The molecule has 1 amide bonds. The van der Waals surface area contributed by atoms with E-state index >= 15 is 0 Å². The number of hydrogen-bond acceptors (Lipinski definition) is 4. The number of nitrogens with one attached hydrogen (secondary N) is 1. The first-order valence-electron chi connectivity index (χ1n) is 10.4. The van der Waals surface area contributed by atoms with E-state index in [0.29, 0.717) is 11.9 Å². The predicted molar refractivity (Wildman–Crippen MR) is 114 cm³/mol. The molecular weight excluding hydrogens is 364 g/mol. The van der Waals surface area contributed by atoms with Gasteiger partial charge in [0.05, 0.1) is 11.4 Å². The van der Waals surface area contributed by atoms with Gasteiger partial charge < -0.3 is 10.1 Å². The fourth-order valence-electron chi connectivity index (χ4n) is 4.05. The van der Waals surface area contributed by atoms with Crippen molar-refractivity contribution in [3.8, 4) is 11.6 Å². The minimum absolute atomic E-state index is 0.0180. The van der Waals surface area contributed by atoms with Crippen LogP contribution >= 0.6 is 0 Å². The molecule has 6 heteroatoms. The lowest BCUT2D eigenvalue weighted by molar-refractivity contribution is -0.123. The van der Waals surface area contributed by atoms with E-state index in [-0.39, 0.29) is 12.5 Å². The molecule has 29 heavy (non-hydrogen) atoms. The molecule has 0 saturated heterocycles. The summed E-state index contributed by atoms with van der Waals surface area (Å²) in [6.07, 6.45) is 5.33. The van der Waals surface area contributed by atoms with Crippen molar-refractivity contribution in [1.29, 1.82) is 0 Å². The quantitative estimate of drug-likeness (QED) is 0.687. The summed E-state index contributed by atoms with van der Waals surface area (Å²) in [6, 6.07) is 10.4. The highest BCUT2D eigenvalue weighted by atomic mass is 16.5. The summed E-state index contributed by atoms with van der Waals surface area (Å²) < 4.78 is 7.64. The third-order valence-electron chi connectivity index (χ3n) is 5.60. The summed E-state index contributed by atoms with van der Waals surface area (Å²) in [4.78, 5) is 16.9. The normalized spacial score (nSPS) is 14.4. The summed E-state index contributed by atoms with van der Waals surface area (Å²) >= 11 is 0. The highest BCUT2D eigenvalue weighted by Gasteiger charge is 2.19. The Balaban J connectivity index is 1.62. The maximum absolute atomic E-state index is 12.2.